The van der Waals surface area contributed by atoms with E-state index >= 15 is 0 Å². The zero-order valence-corrected chi connectivity index (χ0v) is 21.7. The van der Waals surface area contributed by atoms with Crippen LogP contribution in [0.25, 0.3) is 0 Å². The number of carboxylic acids is 1. The summed E-state index contributed by atoms with van der Waals surface area (Å²) in [6, 6.07) is -0.800. The lowest BCUT2D eigenvalue weighted by molar-refractivity contribution is -0.137. The Bertz CT molecular complexity index is 789. The van der Waals surface area contributed by atoms with E-state index in [0.29, 0.717) is 18.6 Å². The highest BCUT2D eigenvalue weighted by molar-refractivity contribution is 8.00. The first-order chi connectivity index (χ1) is 17.4. The molecule has 200 valence electrons. The summed E-state index contributed by atoms with van der Waals surface area (Å²) in [5.74, 6) is -0.924. The average molecular weight is 521 g/mol. The maximum Gasteiger partial charge on any atom is 0.303 e. The van der Waals surface area contributed by atoms with Gasteiger partial charge in [0.05, 0.1) is 12.1 Å². The predicted octanol–water partition coefficient (Wildman–Crippen LogP) is 3.81. The van der Waals surface area contributed by atoms with Crippen LogP contribution in [-0.4, -0.2) is 58.4 Å². The van der Waals surface area contributed by atoms with E-state index in [2.05, 4.69) is 10.1 Å². The molecule has 0 aromatic carbocycles. The van der Waals surface area contributed by atoms with Gasteiger partial charge >= 0.3 is 5.97 Å². The minimum atomic E-state index is -0.800. The van der Waals surface area contributed by atoms with Crippen LogP contribution >= 0.6 is 11.8 Å². The van der Waals surface area contributed by atoms with Crippen LogP contribution in [0.2, 0.25) is 0 Å². The van der Waals surface area contributed by atoms with Gasteiger partial charge in [-0.2, -0.15) is 0 Å². The summed E-state index contributed by atoms with van der Waals surface area (Å²) in [7, 11) is 0. The number of aliphatic hydroxyl groups is 1. The smallest absolute Gasteiger partial charge is 0.303 e. The van der Waals surface area contributed by atoms with Gasteiger partial charge in [0.1, 0.15) is 0 Å². The number of hydrogen-bond donors (Lipinski definition) is 4. The number of nitrogens with one attached hydrogen (secondary N) is 1. The molecule has 8 nitrogen and oxygen atoms in total. The minimum absolute atomic E-state index is 0.155. The summed E-state index contributed by atoms with van der Waals surface area (Å²) in [6.07, 6.45) is 26.3. The van der Waals surface area contributed by atoms with E-state index in [0.717, 1.165) is 19.3 Å². The van der Waals surface area contributed by atoms with Crippen molar-refractivity contribution in [1.82, 2.24) is 5.32 Å². The molecule has 0 aliphatic heterocycles. The standard InChI is InChI=1S/C27H40N2O6S/c1-2-3-14-17-24(31)25(36-20-23(28)27(34)29-21-35-22-30)18-15-12-10-8-6-4-5-7-9-11-13-16-19-26(32)33/h3,5-8,10-15,18,22-25,31H,2,4,9,16-17,19-21,28H2,1H3,(H,29,34)(H,32,33)/b7-5-,8-6-,12-10+,13-11-,14-3-,18-15+. The van der Waals surface area contributed by atoms with Crippen LogP contribution in [0, 0.1) is 0 Å². The number of ether oxygens (including phenoxy) is 1. The van der Waals surface area contributed by atoms with Gasteiger partial charge in [-0.25, -0.2) is 0 Å². The second-order valence-corrected chi connectivity index (χ2v) is 8.79. The van der Waals surface area contributed by atoms with Crippen molar-refractivity contribution in [2.75, 3.05) is 12.5 Å². The first-order valence-corrected chi connectivity index (χ1v) is 13.0. The fraction of sp³-hybridized carbons (Fsp3) is 0.444. The van der Waals surface area contributed by atoms with Crippen molar-refractivity contribution in [3.63, 3.8) is 0 Å². The molecule has 5 N–H and O–H groups in total. The molecule has 0 saturated carbocycles. The van der Waals surface area contributed by atoms with Crippen molar-refractivity contribution < 1.29 is 29.3 Å². The monoisotopic (exact) mass is 520 g/mol. The van der Waals surface area contributed by atoms with Gasteiger partial charge in [0.2, 0.25) is 5.91 Å². The maximum atomic E-state index is 11.9. The van der Waals surface area contributed by atoms with Crippen LogP contribution in [0.1, 0.15) is 45.4 Å². The van der Waals surface area contributed by atoms with Crippen LogP contribution in [0.15, 0.2) is 72.9 Å². The molecule has 0 rings (SSSR count). The molecular weight excluding hydrogens is 480 g/mol. The number of allylic oxidation sites excluding steroid dienone is 10. The molecule has 0 heterocycles. The van der Waals surface area contributed by atoms with Crippen molar-refractivity contribution >= 4 is 30.1 Å². The van der Waals surface area contributed by atoms with Gasteiger partial charge in [-0.15, -0.1) is 11.8 Å². The highest BCUT2D eigenvalue weighted by atomic mass is 32.2. The number of aliphatic hydroxyl groups excluding tert-OH is 1. The lowest BCUT2D eigenvalue weighted by atomic mass is 10.1. The first-order valence-electron chi connectivity index (χ1n) is 12.0. The zero-order valence-electron chi connectivity index (χ0n) is 20.9. The van der Waals surface area contributed by atoms with Crippen LogP contribution in [0.4, 0.5) is 0 Å². The number of thioether (sulfide) groups is 1. The van der Waals surface area contributed by atoms with E-state index in [4.69, 9.17) is 10.8 Å². The van der Waals surface area contributed by atoms with Crippen molar-refractivity contribution in [1.29, 1.82) is 0 Å². The molecule has 0 fully saturated rings. The minimum Gasteiger partial charge on any atom is -0.481 e. The molecule has 3 unspecified atom stereocenters. The second kappa shape index (κ2) is 23.8. The Morgan fingerprint density at radius 3 is 2.39 bits per heavy atom. The van der Waals surface area contributed by atoms with E-state index in [1.54, 1.807) is 0 Å². The van der Waals surface area contributed by atoms with Gasteiger partial charge in [-0.3, -0.25) is 14.4 Å². The summed E-state index contributed by atoms with van der Waals surface area (Å²) < 4.78 is 4.44. The Balaban J connectivity index is 4.60. The molecule has 0 aromatic heterocycles. The molecule has 1 amide bonds. The van der Waals surface area contributed by atoms with Crippen molar-refractivity contribution in [2.24, 2.45) is 5.73 Å². The fourth-order valence-electron chi connectivity index (χ4n) is 2.63. The molecular formula is C27H40N2O6S. The number of rotatable bonds is 21. The Labute approximate surface area is 218 Å². The Kier molecular flexibility index (Phi) is 21.9. The van der Waals surface area contributed by atoms with E-state index in [1.165, 1.54) is 11.8 Å². The molecule has 36 heavy (non-hydrogen) atoms. The van der Waals surface area contributed by atoms with Crippen LogP contribution < -0.4 is 11.1 Å². The largest absolute Gasteiger partial charge is 0.481 e. The normalized spacial score (nSPS) is 15.0. The summed E-state index contributed by atoms with van der Waals surface area (Å²) in [4.78, 5) is 32.5. The first kappa shape index (κ1) is 33.1. The number of amides is 1. The summed E-state index contributed by atoms with van der Waals surface area (Å²) in [6.45, 7) is 2.04. The van der Waals surface area contributed by atoms with E-state index in [1.807, 2.05) is 79.8 Å². The van der Waals surface area contributed by atoms with Crippen LogP contribution in [-0.2, 0) is 19.1 Å². The lowest BCUT2D eigenvalue weighted by Crippen LogP contribution is -2.43. The maximum absolute atomic E-state index is 11.9. The Morgan fingerprint density at radius 2 is 1.69 bits per heavy atom. The van der Waals surface area contributed by atoms with E-state index < -0.39 is 24.0 Å². The number of carboxylic acid groups (broad SMARTS) is 1. The quantitative estimate of drug-likeness (QED) is 0.0589. The highest BCUT2D eigenvalue weighted by Crippen LogP contribution is 2.20. The van der Waals surface area contributed by atoms with E-state index in [9.17, 15) is 19.5 Å². The molecule has 0 aromatic rings. The Hall–Kier alpha value is -2.88. The number of carbonyl (C=O) groups is 3. The molecule has 9 heteroatoms. The van der Waals surface area contributed by atoms with Crippen molar-refractivity contribution in [3.8, 4) is 0 Å². The molecule has 0 aliphatic carbocycles. The van der Waals surface area contributed by atoms with Gasteiger partial charge in [-0.05, 0) is 32.1 Å². The third-order valence-corrected chi connectivity index (χ3v) is 5.94. The Morgan fingerprint density at radius 1 is 1.00 bits per heavy atom. The molecule has 0 spiro atoms. The molecule has 0 aliphatic rings. The number of nitrogens with two attached hydrogens (primary N) is 1. The van der Waals surface area contributed by atoms with Gasteiger partial charge in [0.25, 0.3) is 6.47 Å². The van der Waals surface area contributed by atoms with Crippen LogP contribution in [0.5, 0.6) is 0 Å². The van der Waals surface area contributed by atoms with Gasteiger partial charge in [0, 0.05) is 17.4 Å². The van der Waals surface area contributed by atoms with Gasteiger partial charge in [0.15, 0.2) is 6.73 Å². The average Bonchev–Trinajstić information content (AvgIpc) is 2.85. The fourth-order valence-corrected chi connectivity index (χ4v) is 3.75. The molecule has 0 radical (unpaired) electrons. The van der Waals surface area contributed by atoms with Gasteiger partial charge < -0.3 is 26.0 Å². The number of hydrogen-bond acceptors (Lipinski definition) is 7. The number of aliphatic carboxylic acids is 1. The topological polar surface area (TPSA) is 139 Å². The predicted molar refractivity (Wildman–Crippen MR) is 146 cm³/mol. The van der Waals surface area contributed by atoms with Crippen molar-refractivity contribution in [2.45, 2.75) is 62.8 Å². The zero-order chi connectivity index (χ0) is 26.9. The van der Waals surface area contributed by atoms with Gasteiger partial charge in [-0.1, -0.05) is 79.8 Å². The molecule has 0 saturated heterocycles. The van der Waals surface area contributed by atoms with Crippen LogP contribution in [0.3, 0.4) is 0 Å². The third kappa shape index (κ3) is 20.5. The lowest BCUT2D eigenvalue weighted by Gasteiger charge is -2.20. The number of carbonyl (C=O) groups excluding carboxylic acids is 2. The molecule has 0 bridgehead atoms. The summed E-state index contributed by atoms with van der Waals surface area (Å²) in [5, 5.41) is 21.3. The summed E-state index contributed by atoms with van der Waals surface area (Å²) >= 11 is 1.39. The molecule has 3 atom stereocenters. The third-order valence-electron chi connectivity index (χ3n) is 4.53. The van der Waals surface area contributed by atoms with Crippen molar-refractivity contribution in [3.05, 3.63) is 72.9 Å². The highest BCUT2D eigenvalue weighted by Gasteiger charge is 2.20. The SMILES string of the molecule is CC/C=C\CC(O)C(/C=C/C=C/C=C\C/C=C\C/C=C\CCC(=O)O)SCC(N)C(=O)NCOC=O. The van der Waals surface area contributed by atoms with E-state index in [-0.39, 0.29) is 24.9 Å². The second-order valence-electron chi connectivity index (χ2n) is 7.58. The summed E-state index contributed by atoms with van der Waals surface area (Å²) in [5.41, 5.74) is 5.90.